The SMILES string of the molecule is Cc1cc(NC(=O)C2CC3CCCCC3N2C(=O)c2ccccc2)ccc1N(C)C. The molecule has 3 unspecified atom stereocenters. The van der Waals surface area contributed by atoms with E-state index in [-0.39, 0.29) is 17.9 Å². The monoisotopic (exact) mass is 405 g/mol. The molecule has 0 spiro atoms. The lowest BCUT2D eigenvalue weighted by Crippen LogP contribution is -2.47. The molecule has 1 aliphatic carbocycles. The van der Waals surface area contributed by atoms with E-state index in [4.69, 9.17) is 0 Å². The van der Waals surface area contributed by atoms with Crippen LogP contribution in [0.25, 0.3) is 0 Å². The number of rotatable bonds is 4. The number of carbonyl (C=O) groups excluding carboxylic acids is 2. The molecule has 2 fully saturated rings. The highest BCUT2D eigenvalue weighted by Crippen LogP contribution is 2.41. The highest BCUT2D eigenvalue weighted by atomic mass is 16.2. The standard InChI is InChI=1S/C25H31N3O2/c1-17-15-20(13-14-21(17)27(2)3)26-24(29)23-16-19-11-7-8-12-22(19)28(23)25(30)18-9-5-4-6-10-18/h4-6,9-10,13-15,19,22-23H,7-8,11-12,16H2,1-3H3,(H,26,29). The summed E-state index contributed by atoms with van der Waals surface area (Å²) in [4.78, 5) is 30.6. The van der Waals surface area contributed by atoms with Crippen molar-refractivity contribution in [2.45, 2.75) is 51.1 Å². The Hall–Kier alpha value is -2.82. The summed E-state index contributed by atoms with van der Waals surface area (Å²) >= 11 is 0. The third kappa shape index (κ3) is 3.93. The van der Waals surface area contributed by atoms with Crippen molar-refractivity contribution >= 4 is 23.2 Å². The topological polar surface area (TPSA) is 52.7 Å². The number of amides is 2. The van der Waals surface area contributed by atoms with Crippen LogP contribution in [0.5, 0.6) is 0 Å². The van der Waals surface area contributed by atoms with Crippen molar-refractivity contribution in [2.24, 2.45) is 5.92 Å². The van der Waals surface area contributed by atoms with Gasteiger partial charge in [-0.3, -0.25) is 9.59 Å². The molecular formula is C25H31N3O2. The predicted molar refractivity (Wildman–Crippen MR) is 121 cm³/mol. The number of likely N-dealkylation sites (tertiary alicyclic amines) is 1. The Morgan fingerprint density at radius 3 is 2.47 bits per heavy atom. The van der Waals surface area contributed by atoms with Crippen LogP contribution in [0.2, 0.25) is 0 Å². The van der Waals surface area contributed by atoms with Crippen LogP contribution in [0.4, 0.5) is 11.4 Å². The zero-order chi connectivity index (χ0) is 21.3. The average Bonchev–Trinajstić information content (AvgIpc) is 3.13. The summed E-state index contributed by atoms with van der Waals surface area (Å²) in [6, 6.07) is 15.1. The second kappa shape index (κ2) is 8.50. The first-order valence-corrected chi connectivity index (χ1v) is 10.9. The zero-order valence-corrected chi connectivity index (χ0v) is 18.1. The molecule has 1 saturated heterocycles. The van der Waals surface area contributed by atoms with Crippen LogP contribution >= 0.6 is 0 Å². The van der Waals surface area contributed by atoms with Gasteiger partial charge in [0.25, 0.3) is 5.91 Å². The summed E-state index contributed by atoms with van der Waals surface area (Å²) in [6.07, 6.45) is 5.16. The number of nitrogens with one attached hydrogen (secondary N) is 1. The van der Waals surface area contributed by atoms with Gasteiger partial charge in [-0.1, -0.05) is 31.0 Å². The number of carbonyl (C=O) groups is 2. The van der Waals surface area contributed by atoms with Crippen LogP contribution in [-0.4, -0.2) is 42.9 Å². The smallest absolute Gasteiger partial charge is 0.254 e. The van der Waals surface area contributed by atoms with Gasteiger partial charge in [0.1, 0.15) is 6.04 Å². The van der Waals surface area contributed by atoms with E-state index in [1.165, 1.54) is 6.42 Å². The molecule has 158 valence electrons. The number of benzene rings is 2. The second-order valence-electron chi connectivity index (χ2n) is 8.83. The predicted octanol–water partition coefficient (Wildman–Crippen LogP) is 4.47. The van der Waals surface area contributed by atoms with Gasteiger partial charge < -0.3 is 15.1 Å². The first-order valence-electron chi connectivity index (χ1n) is 10.9. The van der Waals surface area contributed by atoms with Gasteiger partial charge >= 0.3 is 0 Å². The molecule has 1 heterocycles. The van der Waals surface area contributed by atoms with Gasteiger partial charge in [0, 0.05) is 37.1 Å². The molecule has 1 saturated carbocycles. The highest BCUT2D eigenvalue weighted by Gasteiger charge is 2.47. The van der Waals surface area contributed by atoms with Gasteiger partial charge in [-0.05, 0) is 68.0 Å². The molecule has 0 aromatic heterocycles. The first-order chi connectivity index (χ1) is 14.5. The van der Waals surface area contributed by atoms with E-state index in [1.54, 1.807) is 0 Å². The maximum atomic E-state index is 13.4. The minimum atomic E-state index is -0.417. The van der Waals surface area contributed by atoms with Gasteiger partial charge in [0.15, 0.2) is 0 Å². The van der Waals surface area contributed by atoms with Crippen LogP contribution in [-0.2, 0) is 4.79 Å². The first kappa shape index (κ1) is 20.5. The zero-order valence-electron chi connectivity index (χ0n) is 18.1. The van der Waals surface area contributed by atoms with Gasteiger partial charge in [-0.2, -0.15) is 0 Å². The molecule has 2 aliphatic rings. The fourth-order valence-corrected chi connectivity index (χ4v) is 5.18. The Morgan fingerprint density at radius 1 is 1.03 bits per heavy atom. The number of anilines is 2. The van der Waals surface area contributed by atoms with E-state index in [1.807, 2.05) is 74.4 Å². The lowest BCUT2D eigenvalue weighted by molar-refractivity contribution is -0.120. The molecule has 3 atom stereocenters. The quantitative estimate of drug-likeness (QED) is 0.816. The summed E-state index contributed by atoms with van der Waals surface area (Å²) in [5, 5.41) is 3.09. The molecule has 1 aliphatic heterocycles. The van der Waals surface area contributed by atoms with Gasteiger partial charge in [-0.15, -0.1) is 0 Å². The normalized spacial score (nSPS) is 23.0. The third-order valence-electron chi connectivity index (χ3n) is 6.59. The molecule has 2 aromatic rings. The van der Waals surface area contributed by atoms with Crippen molar-refractivity contribution in [1.82, 2.24) is 4.90 Å². The molecule has 5 nitrogen and oxygen atoms in total. The van der Waals surface area contributed by atoms with Gasteiger partial charge in [0.05, 0.1) is 0 Å². The van der Waals surface area contributed by atoms with Crippen LogP contribution in [0.3, 0.4) is 0 Å². The van der Waals surface area contributed by atoms with E-state index in [0.29, 0.717) is 11.5 Å². The lowest BCUT2D eigenvalue weighted by atomic mass is 9.84. The van der Waals surface area contributed by atoms with E-state index >= 15 is 0 Å². The van der Waals surface area contributed by atoms with E-state index in [0.717, 1.165) is 42.6 Å². The molecule has 30 heavy (non-hydrogen) atoms. The van der Waals surface area contributed by atoms with Crippen molar-refractivity contribution in [3.05, 3.63) is 59.7 Å². The Morgan fingerprint density at radius 2 is 1.77 bits per heavy atom. The second-order valence-corrected chi connectivity index (χ2v) is 8.83. The van der Waals surface area contributed by atoms with E-state index in [9.17, 15) is 9.59 Å². The lowest BCUT2D eigenvalue weighted by Gasteiger charge is -2.33. The van der Waals surface area contributed by atoms with Gasteiger partial charge in [0.2, 0.25) is 5.91 Å². The van der Waals surface area contributed by atoms with Crippen LogP contribution in [0.1, 0.15) is 48.0 Å². The Labute approximate surface area is 179 Å². The van der Waals surface area contributed by atoms with Crippen LogP contribution in [0.15, 0.2) is 48.5 Å². The maximum absolute atomic E-state index is 13.4. The number of aryl methyl sites for hydroxylation is 1. The number of hydrogen-bond acceptors (Lipinski definition) is 3. The summed E-state index contributed by atoms with van der Waals surface area (Å²) in [7, 11) is 4.02. The molecule has 4 rings (SSSR count). The van der Waals surface area contributed by atoms with E-state index in [2.05, 4.69) is 10.2 Å². The van der Waals surface area contributed by atoms with Crippen molar-refractivity contribution < 1.29 is 9.59 Å². The van der Waals surface area contributed by atoms with Crippen molar-refractivity contribution in [3.8, 4) is 0 Å². The maximum Gasteiger partial charge on any atom is 0.254 e. The summed E-state index contributed by atoms with van der Waals surface area (Å²) in [5.41, 5.74) is 3.67. The molecule has 0 radical (unpaired) electrons. The largest absolute Gasteiger partial charge is 0.377 e. The molecule has 2 amide bonds. The molecule has 0 bridgehead atoms. The van der Waals surface area contributed by atoms with Gasteiger partial charge in [-0.25, -0.2) is 0 Å². The van der Waals surface area contributed by atoms with Crippen LogP contribution in [0, 0.1) is 12.8 Å². The van der Waals surface area contributed by atoms with Crippen LogP contribution < -0.4 is 10.2 Å². The van der Waals surface area contributed by atoms with Crippen molar-refractivity contribution in [2.75, 3.05) is 24.3 Å². The Kier molecular flexibility index (Phi) is 5.80. The third-order valence-corrected chi connectivity index (χ3v) is 6.59. The Balaban J connectivity index is 1.58. The van der Waals surface area contributed by atoms with E-state index < -0.39 is 6.04 Å². The number of fused-ring (bicyclic) bond motifs is 1. The molecule has 2 aromatic carbocycles. The van der Waals surface area contributed by atoms with Crippen molar-refractivity contribution in [3.63, 3.8) is 0 Å². The fraction of sp³-hybridized carbons (Fsp3) is 0.440. The summed E-state index contributed by atoms with van der Waals surface area (Å²) in [5.74, 6) is 0.315. The molecule has 5 heteroatoms. The minimum absolute atomic E-state index is 0.0238. The molecular weight excluding hydrogens is 374 g/mol. The molecule has 1 N–H and O–H groups in total. The summed E-state index contributed by atoms with van der Waals surface area (Å²) < 4.78 is 0. The fourth-order valence-electron chi connectivity index (χ4n) is 5.18. The highest BCUT2D eigenvalue weighted by molar-refractivity contribution is 6.02. The average molecular weight is 406 g/mol. The van der Waals surface area contributed by atoms with Crippen molar-refractivity contribution in [1.29, 1.82) is 0 Å². The Bertz CT molecular complexity index is 925. The number of hydrogen-bond donors (Lipinski definition) is 1. The summed E-state index contributed by atoms with van der Waals surface area (Å²) in [6.45, 7) is 2.04. The minimum Gasteiger partial charge on any atom is -0.377 e. The number of nitrogens with zero attached hydrogens (tertiary/aromatic N) is 2.